The first-order chi connectivity index (χ1) is 9.13. The fraction of sp³-hybridized carbons (Fsp3) is 0.615. The Bertz CT molecular complexity index is 476. The molecule has 6 heteroatoms. The zero-order valence-corrected chi connectivity index (χ0v) is 11.3. The van der Waals surface area contributed by atoms with Gasteiger partial charge >= 0.3 is 5.69 Å². The Morgan fingerprint density at radius 1 is 1.11 bits per heavy atom. The third-order valence-corrected chi connectivity index (χ3v) is 2.82. The van der Waals surface area contributed by atoms with Crippen LogP contribution in [0.2, 0.25) is 0 Å². The molecule has 0 radical (unpaired) electrons. The summed E-state index contributed by atoms with van der Waals surface area (Å²) in [5.74, 6) is -0.420. The molecular weight excluding hydrogens is 246 g/mol. The van der Waals surface area contributed by atoms with Crippen LogP contribution in [0.3, 0.4) is 0 Å². The Kier molecular flexibility index (Phi) is 6.63. The van der Waals surface area contributed by atoms with Gasteiger partial charge in [0.2, 0.25) is 0 Å². The molecule has 0 saturated heterocycles. The molecule has 1 aromatic heterocycles. The number of hydrogen-bond donors (Lipinski definition) is 3. The topological polar surface area (TPSA) is 94.8 Å². The van der Waals surface area contributed by atoms with Crippen LogP contribution < -0.4 is 16.6 Å². The van der Waals surface area contributed by atoms with Crippen LogP contribution in [0.15, 0.2) is 15.7 Å². The van der Waals surface area contributed by atoms with Crippen molar-refractivity contribution in [3.8, 4) is 0 Å². The van der Waals surface area contributed by atoms with E-state index in [4.69, 9.17) is 0 Å². The summed E-state index contributed by atoms with van der Waals surface area (Å²) in [6, 6.07) is 1.08. The molecule has 0 aliphatic carbocycles. The van der Waals surface area contributed by atoms with E-state index in [1.54, 1.807) is 0 Å². The molecule has 0 aliphatic heterocycles. The third kappa shape index (κ3) is 6.03. The average Bonchev–Trinajstić information content (AvgIpc) is 2.36. The lowest BCUT2D eigenvalue weighted by Crippen LogP contribution is -2.31. The van der Waals surface area contributed by atoms with Crippen LogP contribution in [0.4, 0.5) is 0 Å². The monoisotopic (exact) mass is 267 g/mol. The van der Waals surface area contributed by atoms with E-state index < -0.39 is 17.2 Å². The number of unbranched alkanes of at least 4 members (excludes halogenated alkanes) is 5. The molecule has 0 atom stereocenters. The lowest BCUT2D eigenvalue weighted by atomic mass is 10.1. The minimum absolute atomic E-state index is 0.000247. The van der Waals surface area contributed by atoms with E-state index in [0.29, 0.717) is 6.54 Å². The highest BCUT2D eigenvalue weighted by atomic mass is 16.2. The van der Waals surface area contributed by atoms with Gasteiger partial charge in [-0.1, -0.05) is 39.0 Å². The van der Waals surface area contributed by atoms with Gasteiger partial charge in [0.05, 0.1) is 0 Å². The number of aromatic nitrogens is 2. The van der Waals surface area contributed by atoms with Crippen LogP contribution in [0.25, 0.3) is 0 Å². The van der Waals surface area contributed by atoms with Gasteiger partial charge in [-0.2, -0.15) is 0 Å². The van der Waals surface area contributed by atoms with Crippen molar-refractivity contribution < 1.29 is 4.79 Å². The van der Waals surface area contributed by atoms with Crippen molar-refractivity contribution >= 4 is 5.91 Å². The highest BCUT2D eigenvalue weighted by molar-refractivity contribution is 5.91. The van der Waals surface area contributed by atoms with Crippen LogP contribution in [0, 0.1) is 0 Å². The third-order valence-electron chi connectivity index (χ3n) is 2.82. The van der Waals surface area contributed by atoms with Crippen LogP contribution in [-0.2, 0) is 0 Å². The molecular formula is C13H21N3O3. The summed E-state index contributed by atoms with van der Waals surface area (Å²) >= 11 is 0. The van der Waals surface area contributed by atoms with E-state index >= 15 is 0 Å². The molecule has 0 spiro atoms. The number of hydrogen-bond acceptors (Lipinski definition) is 3. The van der Waals surface area contributed by atoms with E-state index in [9.17, 15) is 14.4 Å². The predicted molar refractivity (Wildman–Crippen MR) is 73.4 cm³/mol. The van der Waals surface area contributed by atoms with Crippen molar-refractivity contribution in [2.24, 2.45) is 0 Å². The normalized spacial score (nSPS) is 10.4. The molecule has 3 N–H and O–H groups in total. The average molecular weight is 267 g/mol. The van der Waals surface area contributed by atoms with Gasteiger partial charge in [0.15, 0.2) is 0 Å². The number of carbonyl (C=O) groups excluding carboxylic acids is 1. The second-order valence-electron chi connectivity index (χ2n) is 4.53. The summed E-state index contributed by atoms with van der Waals surface area (Å²) in [4.78, 5) is 38.0. The minimum Gasteiger partial charge on any atom is -0.351 e. The number of nitrogens with one attached hydrogen (secondary N) is 3. The Morgan fingerprint density at radius 3 is 2.47 bits per heavy atom. The van der Waals surface area contributed by atoms with Crippen molar-refractivity contribution in [3.05, 3.63) is 32.6 Å². The highest BCUT2D eigenvalue weighted by Gasteiger charge is 2.06. The molecule has 6 nitrogen and oxygen atoms in total. The summed E-state index contributed by atoms with van der Waals surface area (Å²) in [6.07, 6.45) is 6.85. The van der Waals surface area contributed by atoms with Crippen molar-refractivity contribution in [1.29, 1.82) is 0 Å². The second kappa shape index (κ2) is 8.29. The highest BCUT2D eigenvalue weighted by Crippen LogP contribution is 2.04. The number of amides is 1. The predicted octanol–water partition coefficient (Wildman–Crippen LogP) is 1.15. The first kappa shape index (κ1) is 15.2. The van der Waals surface area contributed by atoms with Gasteiger partial charge in [-0.05, 0) is 6.42 Å². The molecule has 1 amide bonds. The largest absolute Gasteiger partial charge is 0.351 e. The Hall–Kier alpha value is -1.85. The molecule has 0 saturated carbocycles. The van der Waals surface area contributed by atoms with E-state index in [-0.39, 0.29) is 5.69 Å². The van der Waals surface area contributed by atoms with Crippen molar-refractivity contribution in [2.45, 2.75) is 45.4 Å². The smallest absolute Gasteiger partial charge is 0.326 e. The maximum atomic E-state index is 11.7. The molecule has 1 aromatic rings. The quantitative estimate of drug-likeness (QED) is 0.617. The van der Waals surface area contributed by atoms with Gasteiger partial charge in [-0.15, -0.1) is 0 Å². The van der Waals surface area contributed by atoms with Gasteiger partial charge in [0, 0.05) is 12.6 Å². The molecule has 0 aromatic carbocycles. The summed E-state index contributed by atoms with van der Waals surface area (Å²) in [7, 11) is 0. The number of carbonyl (C=O) groups is 1. The molecule has 0 aliphatic rings. The molecule has 1 rings (SSSR count). The molecule has 19 heavy (non-hydrogen) atoms. The van der Waals surface area contributed by atoms with Gasteiger partial charge < -0.3 is 10.3 Å². The zero-order valence-electron chi connectivity index (χ0n) is 11.3. The second-order valence-corrected chi connectivity index (χ2v) is 4.53. The molecule has 0 fully saturated rings. The Morgan fingerprint density at radius 2 is 1.79 bits per heavy atom. The van der Waals surface area contributed by atoms with Gasteiger partial charge in [0.1, 0.15) is 5.69 Å². The molecule has 0 bridgehead atoms. The maximum Gasteiger partial charge on any atom is 0.326 e. The van der Waals surface area contributed by atoms with Crippen LogP contribution in [0.1, 0.15) is 55.9 Å². The number of H-pyrrole nitrogens is 2. The summed E-state index contributed by atoms with van der Waals surface area (Å²) in [6.45, 7) is 2.72. The standard InChI is InChI=1S/C13H21N3O3/c1-2-3-4-5-6-7-8-14-12(18)10-9-11(17)16-13(19)15-10/h9H,2-8H2,1H3,(H,14,18)(H2,15,16,17,19). The molecule has 0 unspecified atom stereocenters. The Balaban J connectivity index is 2.28. The fourth-order valence-corrected chi connectivity index (χ4v) is 1.79. The number of aromatic amines is 2. The SMILES string of the molecule is CCCCCCCCNC(=O)c1cc(=O)[nH]c(=O)[nH]1. The van der Waals surface area contributed by atoms with Gasteiger partial charge in [-0.3, -0.25) is 14.6 Å². The maximum absolute atomic E-state index is 11.7. The summed E-state index contributed by atoms with van der Waals surface area (Å²) in [5.41, 5.74) is -1.24. The van der Waals surface area contributed by atoms with Crippen LogP contribution in [-0.4, -0.2) is 22.4 Å². The molecule has 1 heterocycles. The number of rotatable bonds is 8. The lowest BCUT2D eigenvalue weighted by Gasteiger charge is -2.04. The van der Waals surface area contributed by atoms with Crippen molar-refractivity contribution in [1.82, 2.24) is 15.3 Å². The van der Waals surface area contributed by atoms with E-state index in [2.05, 4.69) is 17.2 Å². The summed E-state index contributed by atoms with van der Waals surface area (Å²) < 4.78 is 0. The first-order valence-electron chi connectivity index (χ1n) is 6.75. The first-order valence-corrected chi connectivity index (χ1v) is 6.75. The van der Waals surface area contributed by atoms with E-state index in [0.717, 1.165) is 18.9 Å². The van der Waals surface area contributed by atoms with E-state index in [1.165, 1.54) is 25.7 Å². The zero-order chi connectivity index (χ0) is 14.1. The van der Waals surface area contributed by atoms with Gasteiger partial charge in [0.25, 0.3) is 11.5 Å². The lowest BCUT2D eigenvalue weighted by molar-refractivity contribution is 0.0947. The minimum atomic E-state index is -0.669. The Labute approximate surface area is 111 Å². The van der Waals surface area contributed by atoms with Gasteiger partial charge in [-0.25, -0.2) is 4.79 Å². The van der Waals surface area contributed by atoms with Crippen molar-refractivity contribution in [2.75, 3.05) is 6.54 Å². The van der Waals surface area contributed by atoms with Crippen LogP contribution >= 0.6 is 0 Å². The summed E-state index contributed by atoms with van der Waals surface area (Å²) in [5, 5.41) is 2.68. The van der Waals surface area contributed by atoms with Crippen LogP contribution in [0.5, 0.6) is 0 Å². The fourth-order valence-electron chi connectivity index (χ4n) is 1.79. The van der Waals surface area contributed by atoms with E-state index in [1.807, 2.05) is 4.98 Å². The molecule has 106 valence electrons. The van der Waals surface area contributed by atoms with Crippen molar-refractivity contribution in [3.63, 3.8) is 0 Å².